The van der Waals surface area contributed by atoms with Crippen LogP contribution in [0.1, 0.15) is 31.0 Å². The molecule has 20 heavy (non-hydrogen) atoms. The fourth-order valence-electron chi connectivity index (χ4n) is 2.30. The number of hydrogen-bond donors (Lipinski definition) is 1. The number of aryl methyl sites for hydroxylation is 1. The number of piperidine rings is 1. The van der Waals surface area contributed by atoms with Crippen molar-refractivity contribution in [1.29, 1.82) is 5.26 Å². The second-order valence-corrected chi connectivity index (χ2v) is 5.01. The van der Waals surface area contributed by atoms with Crippen molar-refractivity contribution >= 4 is 6.03 Å². The van der Waals surface area contributed by atoms with Gasteiger partial charge in [-0.2, -0.15) is 10.2 Å². The van der Waals surface area contributed by atoms with Gasteiger partial charge in [0.05, 0.1) is 6.07 Å². The standard InChI is InChI=1S/C13H19N5O2/c1-10-16-12(20-17-10)3-7-15-13(19)18-8-4-11(2-6-14)5-9-18/h11H,2-5,7-9H2,1H3,(H,15,19). The Morgan fingerprint density at radius 3 is 2.90 bits per heavy atom. The minimum Gasteiger partial charge on any atom is -0.339 e. The second kappa shape index (κ2) is 6.89. The van der Waals surface area contributed by atoms with Crippen LogP contribution in [-0.4, -0.2) is 40.7 Å². The minimum atomic E-state index is -0.0587. The number of carbonyl (C=O) groups is 1. The Labute approximate surface area is 117 Å². The van der Waals surface area contributed by atoms with Gasteiger partial charge in [0.1, 0.15) is 0 Å². The molecular formula is C13H19N5O2. The van der Waals surface area contributed by atoms with Gasteiger partial charge in [-0.3, -0.25) is 0 Å². The summed E-state index contributed by atoms with van der Waals surface area (Å²) in [5.41, 5.74) is 0. The molecular weight excluding hydrogens is 258 g/mol. The van der Waals surface area contributed by atoms with Crippen LogP contribution in [0.3, 0.4) is 0 Å². The zero-order valence-electron chi connectivity index (χ0n) is 11.6. The van der Waals surface area contributed by atoms with Gasteiger partial charge in [0.2, 0.25) is 5.89 Å². The first kappa shape index (κ1) is 14.3. The largest absolute Gasteiger partial charge is 0.339 e. The third-order valence-electron chi connectivity index (χ3n) is 3.47. The molecule has 7 heteroatoms. The molecule has 1 aliphatic rings. The molecule has 0 aromatic carbocycles. The summed E-state index contributed by atoms with van der Waals surface area (Å²) in [6.45, 7) is 3.69. The maximum absolute atomic E-state index is 11.9. The maximum Gasteiger partial charge on any atom is 0.317 e. The average molecular weight is 277 g/mol. The predicted molar refractivity (Wildman–Crippen MR) is 70.7 cm³/mol. The lowest BCUT2D eigenvalue weighted by atomic mass is 9.94. The molecule has 2 heterocycles. The van der Waals surface area contributed by atoms with Crippen LogP contribution in [0.25, 0.3) is 0 Å². The SMILES string of the molecule is Cc1noc(CCNC(=O)N2CCC(CC#N)CC2)n1. The highest BCUT2D eigenvalue weighted by Gasteiger charge is 2.22. The molecule has 0 spiro atoms. The topological polar surface area (TPSA) is 95.0 Å². The molecule has 1 N–H and O–H groups in total. The van der Waals surface area contributed by atoms with Crippen molar-refractivity contribution in [1.82, 2.24) is 20.4 Å². The van der Waals surface area contributed by atoms with E-state index in [0.29, 0.717) is 37.0 Å². The fourth-order valence-corrected chi connectivity index (χ4v) is 2.30. The van der Waals surface area contributed by atoms with E-state index in [1.165, 1.54) is 0 Å². The lowest BCUT2D eigenvalue weighted by molar-refractivity contribution is 0.171. The van der Waals surface area contributed by atoms with Gasteiger partial charge >= 0.3 is 6.03 Å². The second-order valence-electron chi connectivity index (χ2n) is 5.01. The summed E-state index contributed by atoms with van der Waals surface area (Å²) in [7, 11) is 0. The first-order valence-corrected chi connectivity index (χ1v) is 6.88. The number of nitrogens with one attached hydrogen (secondary N) is 1. The zero-order chi connectivity index (χ0) is 14.4. The summed E-state index contributed by atoms with van der Waals surface area (Å²) >= 11 is 0. The molecule has 108 valence electrons. The van der Waals surface area contributed by atoms with Crippen LogP contribution in [0, 0.1) is 24.2 Å². The quantitative estimate of drug-likeness (QED) is 0.893. The summed E-state index contributed by atoms with van der Waals surface area (Å²) in [6, 6.07) is 2.13. The van der Waals surface area contributed by atoms with Gasteiger partial charge in [-0.25, -0.2) is 4.79 Å². The van der Waals surface area contributed by atoms with E-state index in [1.54, 1.807) is 11.8 Å². The summed E-state index contributed by atoms with van der Waals surface area (Å²) in [5.74, 6) is 1.58. The molecule has 7 nitrogen and oxygen atoms in total. The van der Waals surface area contributed by atoms with Gasteiger partial charge in [0.25, 0.3) is 0 Å². The molecule has 2 amide bonds. The van der Waals surface area contributed by atoms with Crippen LogP contribution in [0.15, 0.2) is 4.52 Å². The molecule has 0 bridgehead atoms. The maximum atomic E-state index is 11.9. The predicted octanol–water partition coefficient (Wildman–Crippen LogP) is 1.26. The smallest absolute Gasteiger partial charge is 0.317 e. The molecule has 1 aromatic heterocycles. The molecule has 1 fully saturated rings. The Balaban J connectivity index is 1.67. The highest BCUT2D eigenvalue weighted by molar-refractivity contribution is 5.74. The van der Waals surface area contributed by atoms with Gasteiger partial charge in [0, 0.05) is 32.5 Å². The monoisotopic (exact) mass is 277 g/mol. The zero-order valence-corrected chi connectivity index (χ0v) is 11.6. The first-order valence-electron chi connectivity index (χ1n) is 6.88. The van der Waals surface area contributed by atoms with Gasteiger partial charge in [-0.1, -0.05) is 5.16 Å². The Bertz CT molecular complexity index is 485. The fraction of sp³-hybridized carbons (Fsp3) is 0.692. The van der Waals surface area contributed by atoms with Crippen molar-refractivity contribution in [2.24, 2.45) is 5.92 Å². The number of nitriles is 1. The van der Waals surface area contributed by atoms with Crippen molar-refractivity contribution in [3.63, 3.8) is 0 Å². The van der Waals surface area contributed by atoms with E-state index < -0.39 is 0 Å². The van der Waals surface area contributed by atoms with E-state index in [2.05, 4.69) is 21.5 Å². The Hall–Kier alpha value is -2.10. The third kappa shape index (κ3) is 3.95. The van der Waals surface area contributed by atoms with Crippen LogP contribution < -0.4 is 5.32 Å². The number of nitrogens with zero attached hydrogens (tertiary/aromatic N) is 4. The van der Waals surface area contributed by atoms with Gasteiger partial charge < -0.3 is 14.7 Å². The molecule has 0 aliphatic carbocycles. The number of rotatable bonds is 4. The highest BCUT2D eigenvalue weighted by atomic mass is 16.5. The van der Waals surface area contributed by atoms with E-state index in [1.807, 2.05) is 0 Å². The Morgan fingerprint density at radius 1 is 1.55 bits per heavy atom. The van der Waals surface area contributed by atoms with E-state index >= 15 is 0 Å². The number of urea groups is 1. The molecule has 1 aliphatic heterocycles. The molecule has 0 unspecified atom stereocenters. The van der Waals surface area contributed by atoms with Crippen LogP contribution in [-0.2, 0) is 6.42 Å². The normalized spacial score (nSPS) is 15.9. The molecule has 1 aromatic rings. The highest BCUT2D eigenvalue weighted by Crippen LogP contribution is 2.19. The summed E-state index contributed by atoms with van der Waals surface area (Å²) in [4.78, 5) is 17.8. The van der Waals surface area contributed by atoms with Crippen molar-refractivity contribution in [3.05, 3.63) is 11.7 Å². The number of hydrogen-bond acceptors (Lipinski definition) is 5. The van der Waals surface area contributed by atoms with Gasteiger partial charge in [0.15, 0.2) is 5.82 Å². The van der Waals surface area contributed by atoms with Gasteiger partial charge in [-0.05, 0) is 25.7 Å². The number of likely N-dealkylation sites (tertiary alicyclic amines) is 1. The third-order valence-corrected chi connectivity index (χ3v) is 3.47. The first-order chi connectivity index (χ1) is 9.69. The summed E-state index contributed by atoms with van der Waals surface area (Å²) in [5, 5.41) is 15.2. The Kier molecular flexibility index (Phi) is 4.93. The number of aromatic nitrogens is 2. The van der Waals surface area contributed by atoms with Crippen LogP contribution in [0.4, 0.5) is 4.79 Å². The number of amides is 2. The van der Waals surface area contributed by atoms with E-state index in [9.17, 15) is 4.79 Å². The van der Waals surface area contributed by atoms with Crippen molar-refractivity contribution in [2.75, 3.05) is 19.6 Å². The van der Waals surface area contributed by atoms with Crippen molar-refractivity contribution in [3.8, 4) is 6.07 Å². The lowest BCUT2D eigenvalue weighted by Crippen LogP contribution is -2.44. The van der Waals surface area contributed by atoms with Crippen LogP contribution >= 0.6 is 0 Å². The van der Waals surface area contributed by atoms with E-state index in [-0.39, 0.29) is 6.03 Å². The van der Waals surface area contributed by atoms with Gasteiger partial charge in [-0.15, -0.1) is 0 Å². The molecule has 0 atom stereocenters. The van der Waals surface area contributed by atoms with Crippen LogP contribution in [0.2, 0.25) is 0 Å². The van der Waals surface area contributed by atoms with E-state index in [4.69, 9.17) is 9.78 Å². The van der Waals surface area contributed by atoms with Crippen molar-refractivity contribution in [2.45, 2.75) is 32.6 Å². The lowest BCUT2D eigenvalue weighted by Gasteiger charge is -2.31. The molecule has 2 rings (SSSR count). The van der Waals surface area contributed by atoms with Crippen molar-refractivity contribution < 1.29 is 9.32 Å². The summed E-state index contributed by atoms with van der Waals surface area (Å²) in [6.07, 6.45) is 2.94. The number of carbonyl (C=O) groups excluding carboxylic acids is 1. The molecule has 1 saturated heterocycles. The average Bonchev–Trinajstić information content (AvgIpc) is 2.85. The molecule has 0 saturated carbocycles. The van der Waals surface area contributed by atoms with Crippen LogP contribution in [0.5, 0.6) is 0 Å². The molecule has 0 radical (unpaired) electrons. The van der Waals surface area contributed by atoms with E-state index in [0.717, 1.165) is 25.9 Å². The minimum absolute atomic E-state index is 0.0587. The summed E-state index contributed by atoms with van der Waals surface area (Å²) < 4.78 is 4.98. The Morgan fingerprint density at radius 2 is 2.30 bits per heavy atom.